The van der Waals surface area contributed by atoms with Gasteiger partial charge in [-0.15, -0.1) is 0 Å². The van der Waals surface area contributed by atoms with Crippen LogP contribution in [0.3, 0.4) is 0 Å². The zero-order chi connectivity index (χ0) is 22.8. The Balaban J connectivity index is 1.50. The van der Waals surface area contributed by atoms with E-state index >= 15 is 0 Å². The van der Waals surface area contributed by atoms with Crippen molar-refractivity contribution in [3.8, 4) is 0 Å². The highest BCUT2D eigenvalue weighted by Crippen LogP contribution is 2.16. The van der Waals surface area contributed by atoms with Gasteiger partial charge in [-0.2, -0.15) is 0 Å². The third-order valence-electron chi connectivity index (χ3n) is 4.58. The summed E-state index contributed by atoms with van der Waals surface area (Å²) in [5.74, 6) is -0.570. The first-order chi connectivity index (χ1) is 15.5. The summed E-state index contributed by atoms with van der Waals surface area (Å²) in [6.45, 7) is 2.69. The highest BCUT2D eigenvalue weighted by atomic mass is 16.2. The Morgan fingerprint density at radius 1 is 0.688 bits per heavy atom. The van der Waals surface area contributed by atoms with Crippen molar-refractivity contribution < 1.29 is 14.4 Å². The van der Waals surface area contributed by atoms with Crippen LogP contribution in [0.2, 0.25) is 0 Å². The number of rotatable bonds is 9. The van der Waals surface area contributed by atoms with Crippen molar-refractivity contribution >= 4 is 34.8 Å². The molecule has 0 aliphatic rings. The summed E-state index contributed by atoms with van der Waals surface area (Å²) in [5.41, 5.74) is 3.02. The minimum atomic E-state index is -0.235. The van der Waals surface area contributed by atoms with E-state index in [9.17, 15) is 14.4 Å². The Morgan fingerprint density at radius 3 is 2.03 bits per heavy atom. The molecule has 0 spiro atoms. The zero-order valence-corrected chi connectivity index (χ0v) is 17.9. The van der Waals surface area contributed by atoms with Gasteiger partial charge in [0.25, 0.3) is 11.8 Å². The van der Waals surface area contributed by atoms with Gasteiger partial charge in [-0.1, -0.05) is 31.2 Å². The molecule has 3 rings (SSSR count). The van der Waals surface area contributed by atoms with Crippen LogP contribution in [0, 0.1) is 0 Å². The SMILES string of the molecule is CCCNC(=O)c1ccc(NCC(=O)Nc2cccc(NC(=O)c3ccccc3)c2)cc1. The molecule has 7 nitrogen and oxygen atoms in total. The standard InChI is InChI=1S/C25H26N4O3/c1-2-15-26-24(31)19-11-13-20(14-12-19)27-17-23(30)28-21-9-6-10-22(16-21)29-25(32)18-7-4-3-5-8-18/h3-14,16,27H,2,15,17H2,1H3,(H,26,31)(H,28,30)(H,29,32). The maximum Gasteiger partial charge on any atom is 0.255 e. The number of carbonyl (C=O) groups is 3. The van der Waals surface area contributed by atoms with Crippen molar-refractivity contribution in [2.75, 3.05) is 29.0 Å². The lowest BCUT2D eigenvalue weighted by Crippen LogP contribution is -2.24. The van der Waals surface area contributed by atoms with Gasteiger partial charge in [0.1, 0.15) is 0 Å². The van der Waals surface area contributed by atoms with Gasteiger partial charge in [-0.25, -0.2) is 0 Å². The first-order valence-electron chi connectivity index (χ1n) is 10.4. The summed E-state index contributed by atoms with van der Waals surface area (Å²) < 4.78 is 0. The molecule has 0 heterocycles. The van der Waals surface area contributed by atoms with Crippen LogP contribution >= 0.6 is 0 Å². The number of carbonyl (C=O) groups excluding carboxylic acids is 3. The molecule has 0 aliphatic heterocycles. The van der Waals surface area contributed by atoms with E-state index in [4.69, 9.17) is 0 Å². The molecule has 0 atom stereocenters. The lowest BCUT2D eigenvalue weighted by Gasteiger charge is -2.10. The monoisotopic (exact) mass is 430 g/mol. The molecule has 0 unspecified atom stereocenters. The molecule has 3 aromatic rings. The number of anilines is 3. The van der Waals surface area contributed by atoms with Crippen LogP contribution in [0.4, 0.5) is 17.1 Å². The fourth-order valence-electron chi connectivity index (χ4n) is 2.94. The molecule has 4 N–H and O–H groups in total. The maximum atomic E-state index is 12.3. The lowest BCUT2D eigenvalue weighted by molar-refractivity contribution is -0.114. The molecule has 0 saturated carbocycles. The predicted molar refractivity (Wildman–Crippen MR) is 127 cm³/mol. The number of hydrogen-bond donors (Lipinski definition) is 4. The Morgan fingerprint density at radius 2 is 1.34 bits per heavy atom. The second kappa shape index (κ2) is 11.3. The van der Waals surface area contributed by atoms with Crippen molar-refractivity contribution in [2.45, 2.75) is 13.3 Å². The Labute approximate surface area is 187 Å². The highest BCUT2D eigenvalue weighted by Gasteiger charge is 2.08. The van der Waals surface area contributed by atoms with Crippen molar-refractivity contribution in [1.29, 1.82) is 0 Å². The molecule has 0 aliphatic carbocycles. The maximum absolute atomic E-state index is 12.3. The summed E-state index contributed by atoms with van der Waals surface area (Å²) in [7, 11) is 0. The topological polar surface area (TPSA) is 99.3 Å². The second-order valence-corrected chi connectivity index (χ2v) is 7.14. The summed E-state index contributed by atoms with van der Waals surface area (Å²) in [6.07, 6.45) is 0.878. The molecule has 3 amide bonds. The number of nitrogens with one attached hydrogen (secondary N) is 4. The van der Waals surface area contributed by atoms with E-state index in [1.54, 1.807) is 72.8 Å². The Bertz CT molecular complexity index is 1070. The second-order valence-electron chi connectivity index (χ2n) is 7.14. The number of amides is 3. The minimum Gasteiger partial charge on any atom is -0.376 e. The van der Waals surface area contributed by atoms with E-state index in [1.807, 2.05) is 13.0 Å². The van der Waals surface area contributed by atoms with Gasteiger partial charge in [-0.3, -0.25) is 14.4 Å². The molecule has 0 bridgehead atoms. The zero-order valence-electron chi connectivity index (χ0n) is 17.9. The van der Waals surface area contributed by atoms with Crippen molar-refractivity contribution in [2.24, 2.45) is 0 Å². The largest absolute Gasteiger partial charge is 0.376 e. The van der Waals surface area contributed by atoms with Gasteiger partial charge in [0.15, 0.2) is 0 Å². The van der Waals surface area contributed by atoms with Crippen LogP contribution in [0.5, 0.6) is 0 Å². The molecular formula is C25H26N4O3. The third kappa shape index (κ3) is 6.70. The van der Waals surface area contributed by atoms with Gasteiger partial charge in [-0.05, 0) is 61.0 Å². The number of benzene rings is 3. The van der Waals surface area contributed by atoms with Gasteiger partial charge in [0.05, 0.1) is 6.54 Å². The van der Waals surface area contributed by atoms with Crippen LogP contribution in [-0.2, 0) is 4.79 Å². The average Bonchev–Trinajstić information content (AvgIpc) is 2.82. The molecule has 0 saturated heterocycles. The first kappa shape index (κ1) is 22.6. The van der Waals surface area contributed by atoms with Crippen LogP contribution in [0.1, 0.15) is 34.1 Å². The van der Waals surface area contributed by atoms with E-state index in [1.165, 1.54) is 0 Å². The first-order valence-corrected chi connectivity index (χ1v) is 10.4. The van der Waals surface area contributed by atoms with Crippen molar-refractivity contribution in [3.63, 3.8) is 0 Å². The Kier molecular flexibility index (Phi) is 7.97. The molecule has 164 valence electrons. The van der Waals surface area contributed by atoms with Crippen LogP contribution in [0.15, 0.2) is 78.9 Å². The Hall–Kier alpha value is -4.13. The lowest BCUT2D eigenvalue weighted by atomic mass is 10.2. The van der Waals surface area contributed by atoms with Gasteiger partial charge < -0.3 is 21.3 Å². The minimum absolute atomic E-state index is 0.0575. The molecule has 7 heteroatoms. The fourth-order valence-corrected chi connectivity index (χ4v) is 2.94. The van der Waals surface area contributed by atoms with E-state index in [-0.39, 0.29) is 24.3 Å². The molecule has 3 aromatic carbocycles. The molecule has 0 fully saturated rings. The van der Waals surface area contributed by atoms with Crippen LogP contribution < -0.4 is 21.3 Å². The number of hydrogen-bond acceptors (Lipinski definition) is 4. The van der Waals surface area contributed by atoms with Gasteiger partial charge >= 0.3 is 0 Å². The van der Waals surface area contributed by atoms with E-state index in [0.29, 0.717) is 29.0 Å². The van der Waals surface area contributed by atoms with Gasteiger partial charge in [0, 0.05) is 34.7 Å². The molecular weight excluding hydrogens is 404 g/mol. The summed E-state index contributed by atoms with van der Waals surface area (Å²) in [5, 5.41) is 11.5. The summed E-state index contributed by atoms with van der Waals surface area (Å²) >= 11 is 0. The molecule has 0 radical (unpaired) electrons. The summed E-state index contributed by atoms with van der Waals surface area (Å²) in [4.78, 5) is 36.5. The van der Waals surface area contributed by atoms with E-state index in [2.05, 4.69) is 21.3 Å². The van der Waals surface area contributed by atoms with Crippen molar-refractivity contribution in [3.05, 3.63) is 90.0 Å². The average molecular weight is 431 g/mol. The van der Waals surface area contributed by atoms with E-state index in [0.717, 1.165) is 12.1 Å². The smallest absolute Gasteiger partial charge is 0.255 e. The summed E-state index contributed by atoms with van der Waals surface area (Å²) in [6, 6.07) is 22.8. The van der Waals surface area contributed by atoms with Crippen LogP contribution in [0.25, 0.3) is 0 Å². The fraction of sp³-hybridized carbons (Fsp3) is 0.160. The van der Waals surface area contributed by atoms with E-state index < -0.39 is 0 Å². The quantitative estimate of drug-likeness (QED) is 0.410. The normalized spacial score (nSPS) is 10.2. The van der Waals surface area contributed by atoms with Crippen molar-refractivity contribution in [1.82, 2.24) is 5.32 Å². The van der Waals surface area contributed by atoms with Crippen LogP contribution in [-0.4, -0.2) is 30.8 Å². The third-order valence-corrected chi connectivity index (χ3v) is 4.58. The molecule has 0 aromatic heterocycles. The predicted octanol–water partition coefficient (Wildman–Crippen LogP) is 4.13. The van der Waals surface area contributed by atoms with Gasteiger partial charge in [0.2, 0.25) is 5.91 Å². The molecule has 32 heavy (non-hydrogen) atoms. The highest BCUT2D eigenvalue weighted by molar-refractivity contribution is 6.04.